The van der Waals surface area contributed by atoms with Gasteiger partial charge in [-0.25, -0.2) is 13.1 Å². The Morgan fingerprint density at radius 2 is 1.83 bits per heavy atom. The van der Waals surface area contributed by atoms with Gasteiger partial charge in [-0.15, -0.1) is 0 Å². The number of aliphatic hydroxyl groups is 1. The third-order valence-corrected chi connectivity index (χ3v) is 7.28. The van der Waals surface area contributed by atoms with E-state index in [-0.39, 0.29) is 42.0 Å². The normalized spacial score (nSPS) is 25.7. The number of hydrogen-bond acceptors (Lipinski definition) is 6. The highest BCUT2D eigenvalue weighted by atomic mass is 32.2. The van der Waals surface area contributed by atoms with Gasteiger partial charge in [0.1, 0.15) is 6.10 Å². The first-order chi connectivity index (χ1) is 14.4. The largest absolute Gasteiger partial charge is 0.394 e. The summed E-state index contributed by atoms with van der Waals surface area (Å²) >= 11 is 0. The van der Waals surface area contributed by atoms with Crippen LogP contribution in [0.2, 0.25) is 0 Å². The van der Waals surface area contributed by atoms with Gasteiger partial charge in [0.2, 0.25) is 15.9 Å². The van der Waals surface area contributed by atoms with Crippen molar-refractivity contribution >= 4 is 15.9 Å². The zero-order valence-corrected chi connectivity index (χ0v) is 18.2. The van der Waals surface area contributed by atoms with E-state index in [0.717, 1.165) is 5.56 Å². The van der Waals surface area contributed by atoms with Gasteiger partial charge in [-0.2, -0.15) is 0 Å². The van der Waals surface area contributed by atoms with Crippen molar-refractivity contribution in [3.63, 3.8) is 0 Å². The fourth-order valence-electron chi connectivity index (χ4n) is 3.92. The number of hydrogen-bond donors (Lipinski definition) is 3. The predicted octanol–water partition coefficient (Wildman–Crippen LogP) is 1.11. The fraction of sp³-hybridized carbons (Fsp3) is 0.667. The molecule has 9 heteroatoms. The highest BCUT2D eigenvalue weighted by Gasteiger charge is 2.33. The Bertz CT molecular complexity index is 792. The lowest BCUT2D eigenvalue weighted by molar-refractivity contribution is -0.134. The molecule has 30 heavy (non-hydrogen) atoms. The molecule has 2 aliphatic rings. The van der Waals surface area contributed by atoms with Crippen molar-refractivity contribution in [2.75, 3.05) is 26.4 Å². The molecule has 0 radical (unpaired) electrons. The summed E-state index contributed by atoms with van der Waals surface area (Å²) in [6.45, 7) is 3.16. The Balaban J connectivity index is 1.45. The number of aliphatic hydroxyl groups excluding tert-OH is 1. The molecule has 0 saturated carbocycles. The minimum atomic E-state index is -3.56. The third-order valence-electron chi connectivity index (χ3n) is 5.81. The molecule has 0 bridgehead atoms. The van der Waals surface area contributed by atoms with Crippen LogP contribution >= 0.6 is 0 Å². The Labute approximate surface area is 178 Å². The maximum Gasteiger partial charge on any atom is 0.240 e. The van der Waals surface area contributed by atoms with Crippen LogP contribution in [0.25, 0.3) is 0 Å². The Hall–Kier alpha value is -1.52. The summed E-state index contributed by atoms with van der Waals surface area (Å²) in [6.07, 6.45) is 2.67. The van der Waals surface area contributed by atoms with E-state index in [1.54, 1.807) is 24.3 Å². The smallest absolute Gasteiger partial charge is 0.240 e. The minimum absolute atomic E-state index is 0.00495. The van der Waals surface area contributed by atoms with Crippen molar-refractivity contribution in [2.45, 2.75) is 62.2 Å². The van der Waals surface area contributed by atoms with Gasteiger partial charge in [0.15, 0.2) is 0 Å². The molecule has 8 nitrogen and oxygen atoms in total. The van der Waals surface area contributed by atoms with Crippen molar-refractivity contribution < 1.29 is 27.8 Å². The van der Waals surface area contributed by atoms with Gasteiger partial charge in [-0.1, -0.05) is 17.7 Å². The van der Waals surface area contributed by atoms with Crippen LogP contribution in [-0.2, 0) is 24.3 Å². The number of carbonyl (C=O) groups excluding carboxylic acids is 1. The van der Waals surface area contributed by atoms with Gasteiger partial charge in [0, 0.05) is 25.7 Å². The van der Waals surface area contributed by atoms with Crippen molar-refractivity contribution in [3.8, 4) is 0 Å². The first-order valence-corrected chi connectivity index (χ1v) is 12.1. The van der Waals surface area contributed by atoms with Crippen LogP contribution in [0.5, 0.6) is 0 Å². The number of rotatable bonds is 8. The molecule has 2 heterocycles. The van der Waals surface area contributed by atoms with E-state index in [2.05, 4.69) is 10.0 Å². The summed E-state index contributed by atoms with van der Waals surface area (Å²) in [5, 5.41) is 12.7. The molecule has 2 fully saturated rings. The average molecular weight is 441 g/mol. The monoisotopic (exact) mass is 440 g/mol. The second-order valence-corrected chi connectivity index (χ2v) is 9.82. The highest BCUT2D eigenvalue weighted by Crippen LogP contribution is 2.23. The van der Waals surface area contributed by atoms with Gasteiger partial charge in [0.05, 0.1) is 23.6 Å². The van der Waals surface area contributed by atoms with Gasteiger partial charge in [0.25, 0.3) is 0 Å². The van der Waals surface area contributed by atoms with Crippen molar-refractivity contribution in [1.82, 2.24) is 10.0 Å². The maximum absolute atomic E-state index is 12.5. The van der Waals surface area contributed by atoms with E-state index >= 15 is 0 Å². The van der Waals surface area contributed by atoms with Crippen LogP contribution in [0.4, 0.5) is 0 Å². The molecule has 2 aliphatic heterocycles. The number of ether oxygens (including phenoxy) is 2. The van der Waals surface area contributed by atoms with Crippen LogP contribution in [0.1, 0.15) is 37.7 Å². The van der Waals surface area contributed by atoms with Gasteiger partial charge in [-0.3, -0.25) is 4.79 Å². The summed E-state index contributed by atoms with van der Waals surface area (Å²) < 4.78 is 38.6. The summed E-state index contributed by atoms with van der Waals surface area (Å²) in [5.74, 6) is -0.0540. The van der Waals surface area contributed by atoms with E-state index < -0.39 is 16.1 Å². The summed E-state index contributed by atoms with van der Waals surface area (Å²) in [4.78, 5) is 12.7. The molecule has 0 spiro atoms. The lowest BCUT2D eigenvalue weighted by atomic mass is 9.94. The number of sulfonamides is 1. The number of nitrogens with one attached hydrogen (secondary N) is 2. The molecule has 3 N–H and O–H groups in total. The molecule has 3 atom stereocenters. The van der Waals surface area contributed by atoms with Crippen LogP contribution in [-0.4, -0.2) is 64.0 Å². The molecule has 0 unspecified atom stereocenters. The van der Waals surface area contributed by atoms with E-state index in [9.17, 15) is 18.3 Å². The second kappa shape index (κ2) is 10.7. The van der Waals surface area contributed by atoms with Crippen LogP contribution in [0, 0.1) is 12.8 Å². The van der Waals surface area contributed by atoms with E-state index in [4.69, 9.17) is 9.47 Å². The molecule has 168 valence electrons. The standard InChI is InChI=1S/C21H32N2O6S/c1-15-2-5-18(6-3-15)30(26,27)22-11-8-17-4-7-19(20(14-24)29-17)23-21(25)16-9-12-28-13-10-16/h2-3,5-6,16-17,19-20,22,24H,4,7-14H2,1H3,(H,23,25)/t17-,19-,20-/m1/s1. The quantitative estimate of drug-likeness (QED) is 0.558. The first-order valence-electron chi connectivity index (χ1n) is 10.6. The van der Waals surface area contributed by atoms with Crippen molar-refractivity contribution in [1.29, 1.82) is 0 Å². The van der Waals surface area contributed by atoms with E-state index in [1.807, 2.05) is 6.92 Å². The lowest BCUT2D eigenvalue weighted by Crippen LogP contribution is -2.52. The van der Waals surface area contributed by atoms with Gasteiger partial charge < -0.3 is 19.9 Å². The van der Waals surface area contributed by atoms with Crippen molar-refractivity contribution in [3.05, 3.63) is 29.8 Å². The molecule has 2 saturated heterocycles. The van der Waals surface area contributed by atoms with Crippen molar-refractivity contribution in [2.24, 2.45) is 5.92 Å². The summed E-state index contributed by atoms with van der Waals surface area (Å²) in [7, 11) is -3.56. The Morgan fingerprint density at radius 3 is 2.50 bits per heavy atom. The number of aryl methyl sites for hydroxylation is 1. The molecular formula is C21H32N2O6S. The lowest BCUT2D eigenvalue weighted by Gasteiger charge is -2.37. The van der Waals surface area contributed by atoms with E-state index in [0.29, 0.717) is 45.3 Å². The zero-order chi connectivity index (χ0) is 21.6. The Kier molecular flexibility index (Phi) is 8.24. The number of amides is 1. The first kappa shape index (κ1) is 23.1. The van der Waals surface area contributed by atoms with E-state index in [1.165, 1.54) is 0 Å². The number of benzene rings is 1. The molecule has 3 rings (SSSR count). The average Bonchev–Trinajstić information content (AvgIpc) is 2.75. The third kappa shape index (κ3) is 6.24. The molecule has 0 aromatic heterocycles. The highest BCUT2D eigenvalue weighted by molar-refractivity contribution is 7.89. The van der Waals surface area contributed by atoms with Crippen LogP contribution in [0.15, 0.2) is 29.2 Å². The van der Waals surface area contributed by atoms with Gasteiger partial charge in [-0.05, 0) is 51.2 Å². The fourth-order valence-corrected chi connectivity index (χ4v) is 4.97. The summed E-state index contributed by atoms with van der Waals surface area (Å²) in [6, 6.07) is 6.47. The minimum Gasteiger partial charge on any atom is -0.394 e. The molecular weight excluding hydrogens is 408 g/mol. The molecule has 1 aromatic rings. The SMILES string of the molecule is Cc1ccc(S(=O)(=O)NCC[C@H]2CC[C@@H](NC(=O)C3CCOCC3)[C@@H](CO)O2)cc1. The molecule has 1 amide bonds. The topological polar surface area (TPSA) is 114 Å². The maximum atomic E-state index is 12.5. The predicted molar refractivity (Wildman–Crippen MR) is 111 cm³/mol. The molecule has 1 aromatic carbocycles. The molecule has 0 aliphatic carbocycles. The number of carbonyl (C=O) groups is 1. The summed E-state index contributed by atoms with van der Waals surface area (Å²) in [5.41, 5.74) is 0.998. The zero-order valence-electron chi connectivity index (χ0n) is 17.4. The van der Waals surface area contributed by atoms with Crippen LogP contribution < -0.4 is 10.0 Å². The van der Waals surface area contributed by atoms with Gasteiger partial charge >= 0.3 is 0 Å². The Morgan fingerprint density at radius 1 is 1.13 bits per heavy atom. The second-order valence-electron chi connectivity index (χ2n) is 8.06. The van der Waals surface area contributed by atoms with Crippen LogP contribution in [0.3, 0.4) is 0 Å².